The zero-order valence-corrected chi connectivity index (χ0v) is 16.6. The minimum atomic E-state index is -0.349. The molecule has 0 aromatic carbocycles. The summed E-state index contributed by atoms with van der Waals surface area (Å²) >= 11 is 5.02. The van der Waals surface area contributed by atoms with Gasteiger partial charge < -0.3 is 4.90 Å². The minimum absolute atomic E-state index is 0.0143. The van der Waals surface area contributed by atoms with E-state index in [4.69, 9.17) is 5.41 Å². The minimum Gasteiger partial charge on any atom is -0.304 e. The summed E-state index contributed by atoms with van der Waals surface area (Å²) in [7, 11) is 1.67. The maximum Gasteiger partial charge on any atom is 0.228 e. The van der Waals surface area contributed by atoms with E-state index in [0.29, 0.717) is 23.3 Å². The summed E-state index contributed by atoms with van der Waals surface area (Å²) in [6.45, 7) is 3.84. The molecule has 128 valence electrons. The van der Waals surface area contributed by atoms with E-state index >= 15 is 0 Å². The molecule has 1 amide bonds. The first-order chi connectivity index (χ1) is 11.9. The molecule has 1 aliphatic heterocycles. The number of nitrogens with one attached hydrogen (secondary N) is 1. The Morgan fingerprint density at radius 2 is 2.20 bits per heavy atom. The average Bonchev–Trinajstić information content (AvgIpc) is 3.05. The summed E-state index contributed by atoms with van der Waals surface area (Å²) in [5, 5.41) is 18.2. The monoisotopic (exact) mass is 416 g/mol. The Kier molecular flexibility index (Phi) is 4.76. The molecule has 1 aliphatic rings. The number of aromatic nitrogens is 2. The van der Waals surface area contributed by atoms with Crippen LogP contribution in [0.25, 0.3) is 11.1 Å². The summed E-state index contributed by atoms with van der Waals surface area (Å²) in [4.78, 5) is 14.7. The molecule has 0 saturated carbocycles. The summed E-state index contributed by atoms with van der Waals surface area (Å²) in [5.41, 5.74) is 2.38. The predicted octanol–water partition coefficient (Wildman–Crippen LogP) is 3.83. The molecule has 7 heteroatoms. The van der Waals surface area contributed by atoms with E-state index in [1.807, 2.05) is 0 Å². The molecule has 2 aromatic rings. The van der Waals surface area contributed by atoms with Crippen molar-refractivity contribution in [2.75, 3.05) is 7.05 Å². The number of carbonyl (C=O) groups excluding carboxylic acids is 1. The second kappa shape index (κ2) is 6.70. The molecular formula is C18H17BrN4OS. The molecule has 1 fully saturated rings. The molecule has 0 unspecified atom stereocenters. The van der Waals surface area contributed by atoms with Gasteiger partial charge in [0.2, 0.25) is 5.91 Å². The van der Waals surface area contributed by atoms with Gasteiger partial charge in [-0.2, -0.15) is 5.10 Å². The SMILES string of the molecule is CC#Cc1c(-c2csc([C@@]3(C)CC(=N)N(C)C(=O)C3)c2)cnnc1Br. The number of thiophene rings is 1. The lowest BCUT2D eigenvalue weighted by atomic mass is 9.78. The van der Waals surface area contributed by atoms with Crippen LogP contribution in [-0.4, -0.2) is 33.9 Å². The first-order valence-corrected chi connectivity index (χ1v) is 9.40. The van der Waals surface area contributed by atoms with Gasteiger partial charge in [-0.3, -0.25) is 10.2 Å². The van der Waals surface area contributed by atoms with Crippen molar-refractivity contribution >= 4 is 39.0 Å². The van der Waals surface area contributed by atoms with E-state index in [-0.39, 0.29) is 11.3 Å². The van der Waals surface area contributed by atoms with Crippen LogP contribution < -0.4 is 0 Å². The van der Waals surface area contributed by atoms with Crippen LogP contribution in [0.5, 0.6) is 0 Å². The first kappa shape index (κ1) is 17.8. The number of carbonyl (C=O) groups is 1. The first-order valence-electron chi connectivity index (χ1n) is 7.73. The molecular weight excluding hydrogens is 400 g/mol. The molecule has 0 bridgehead atoms. The lowest BCUT2D eigenvalue weighted by Crippen LogP contribution is -2.46. The number of nitrogens with zero attached hydrogens (tertiary/aromatic N) is 3. The lowest BCUT2D eigenvalue weighted by molar-refractivity contribution is -0.128. The number of amidine groups is 1. The summed E-state index contributed by atoms with van der Waals surface area (Å²) in [5.74, 6) is 6.32. The van der Waals surface area contributed by atoms with Gasteiger partial charge in [-0.25, -0.2) is 0 Å². The van der Waals surface area contributed by atoms with Crippen LogP contribution >= 0.6 is 27.3 Å². The number of amides is 1. The molecule has 0 radical (unpaired) electrons. The molecule has 5 nitrogen and oxygen atoms in total. The van der Waals surface area contributed by atoms with Crippen LogP contribution in [0, 0.1) is 17.3 Å². The number of likely N-dealkylation sites (tertiary alicyclic amines) is 1. The maximum atomic E-state index is 12.2. The Morgan fingerprint density at radius 1 is 1.44 bits per heavy atom. The van der Waals surface area contributed by atoms with Crippen LogP contribution in [0.2, 0.25) is 0 Å². The van der Waals surface area contributed by atoms with Crippen molar-refractivity contribution in [1.82, 2.24) is 15.1 Å². The summed E-state index contributed by atoms with van der Waals surface area (Å²) in [6, 6.07) is 2.08. The highest BCUT2D eigenvalue weighted by molar-refractivity contribution is 9.10. The van der Waals surface area contributed by atoms with Crippen molar-refractivity contribution in [3.8, 4) is 23.0 Å². The van der Waals surface area contributed by atoms with Crippen molar-refractivity contribution in [2.45, 2.75) is 32.1 Å². The van der Waals surface area contributed by atoms with Crippen molar-refractivity contribution in [1.29, 1.82) is 5.41 Å². The Labute approximate surface area is 159 Å². The van der Waals surface area contributed by atoms with Crippen LogP contribution in [0.4, 0.5) is 0 Å². The highest BCUT2D eigenvalue weighted by Gasteiger charge is 2.39. The largest absolute Gasteiger partial charge is 0.304 e. The van der Waals surface area contributed by atoms with Crippen molar-refractivity contribution in [3.05, 3.63) is 32.7 Å². The molecule has 1 N–H and O–H groups in total. The van der Waals surface area contributed by atoms with E-state index in [2.05, 4.69) is 56.3 Å². The second-order valence-electron chi connectivity index (χ2n) is 6.31. The number of hydrogen-bond donors (Lipinski definition) is 1. The average molecular weight is 417 g/mol. The van der Waals surface area contributed by atoms with Crippen molar-refractivity contribution in [2.24, 2.45) is 0 Å². The lowest BCUT2D eigenvalue weighted by Gasteiger charge is -2.36. The number of hydrogen-bond acceptors (Lipinski definition) is 5. The third kappa shape index (κ3) is 3.24. The number of rotatable bonds is 2. The second-order valence-corrected chi connectivity index (χ2v) is 7.97. The molecule has 3 heterocycles. The third-order valence-electron chi connectivity index (χ3n) is 4.44. The molecule has 3 rings (SSSR count). The molecule has 0 spiro atoms. The quantitative estimate of drug-likeness (QED) is 0.756. The maximum absolute atomic E-state index is 12.2. The molecule has 1 saturated heterocycles. The van der Waals surface area contributed by atoms with Gasteiger partial charge in [-0.05, 0) is 39.9 Å². The third-order valence-corrected chi connectivity index (χ3v) is 6.23. The Morgan fingerprint density at radius 3 is 2.88 bits per heavy atom. The summed E-state index contributed by atoms with van der Waals surface area (Å²) in [6.07, 6.45) is 2.67. The topological polar surface area (TPSA) is 69.9 Å². The highest BCUT2D eigenvalue weighted by atomic mass is 79.9. The highest BCUT2D eigenvalue weighted by Crippen LogP contribution is 2.41. The van der Waals surface area contributed by atoms with Crippen LogP contribution in [0.3, 0.4) is 0 Å². The molecule has 2 aromatic heterocycles. The fourth-order valence-corrected chi connectivity index (χ4v) is 4.42. The normalized spacial score (nSPS) is 20.4. The molecule has 0 aliphatic carbocycles. The summed E-state index contributed by atoms with van der Waals surface area (Å²) < 4.78 is 0.620. The van der Waals surface area contributed by atoms with E-state index in [1.165, 1.54) is 4.90 Å². The van der Waals surface area contributed by atoms with Gasteiger partial charge in [0.1, 0.15) is 10.4 Å². The van der Waals surface area contributed by atoms with Gasteiger partial charge >= 0.3 is 0 Å². The fourth-order valence-electron chi connectivity index (χ4n) is 2.95. The van der Waals surface area contributed by atoms with Crippen molar-refractivity contribution < 1.29 is 4.79 Å². The Hall–Kier alpha value is -2.04. The Balaban J connectivity index is 2.01. The fraction of sp³-hybridized carbons (Fsp3) is 0.333. The Bertz CT molecular complexity index is 907. The van der Waals surface area contributed by atoms with E-state index in [9.17, 15) is 4.79 Å². The van der Waals surface area contributed by atoms with Gasteiger partial charge in [0.25, 0.3) is 0 Å². The zero-order valence-electron chi connectivity index (χ0n) is 14.2. The predicted molar refractivity (Wildman–Crippen MR) is 103 cm³/mol. The van der Waals surface area contributed by atoms with Gasteiger partial charge in [-0.15, -0.1) is 22.4 Å². The van der Waals surface area contributed by atoms with Crippen LogP contribution in [0.1, 0.15) is 37.1 Å². The van der Waals surface area contributed by atoms with Crippen molar-refractivity contribution in [3.63, 3.8) is 0 Å². The van der Waals surface area contributed by atoms with Crippen LogP contribution in [0.15, 0.2) is 22.2 Å². The van der Waals surface area contributed by atoms with Gasteiger partial charge in [-0.1, -0.05) is 12.8 Å². The van der Waals surface area contributed by atoms with E-state index in [0.717, 1.165) is 21.6 Å². The van der Waals surface area contributed by atoms with E-state index < -0.39 is 0 Å². The van der Waals surface area contributed by atoms with E-state index in [1.54, 1.807) is 31.5 Å². The van der Waals surface area contributed by atoms with Gasteiger partial charge in [0, 0.05) is 35.7 Å². The molecule has 1 atom stereocenters. The standard InChI is InChI=1S/C18H17BrN4OS/c1-4-5-12-13(9-21-22-17(12)19)11-6-14(25-10-11)18(2)7-15(20)23(3)16(24)8-18/h6,9-10,20H,7-8H2,1-3H3/t18-/m0/s1. The zero-order chi connectivity index (χ0) is 18.2. The number of halogens is 1. The smallest absolute Gasteiger partial charge is 0.228 e. The van der Waals surface area contributed by atoms with Gasteiger partial charge in [0.05, 0.1) is 11.8 Å². The van der Waals surface area contributed by atoms with Crippen LogP contribution in [-0.2, 0) is 10.2 Å². The van der Waals surface area contributed by atoms with Gasteiger partial charge in [0.15, 0.2) is 0 Å². The molecule has 25 heavy (non-hydrogen) atoms. The number of piperidine rings is 1.